The third-order valence-electron chi connectivity index (χ3n) is 2.38. The second kappa shape index (κ2) is 5.25. The number of ether oxygens (including phenoxy) is 1. The molecule has 0 aliphatic rings. The number of nitrogens with zero attached hydrogens (tertiary/aromatic N) is 4. The van der Waals surface area contributed by atoms with Crippen LogP contribution in [-0.2, 0) is 6.54 Å². The Kier molecular flexibility index (Phi) is 3.51. The van der Waals surface area contributed by atoms with Crippen molar-refractivity contribution >= 4 is 5.97 Å². The van der Waals surface area contributed by atoms with Gasteiger partial charge in [-0.05, 0) is 0 Å². The average Bonchev–Trinajstić information content (AvgIpc) is 2.41. The summed E-state index contributed by atoms with van der Waals surface area (Å²) >= 11 is 0. The van der Waals surface area contributed by atoms with Crippen molar-refractivity contribution in [2.45, 2.75) is 6.54 Å². The van der Waals surface area contributed by atoms with Gasteiger partial charge in [-0.2, -0.15) is 0 Å². The highest BCUT2D eigenvalue weighted by Gasteiger charge is 2.13. The van der Waals surface area contributed by atoms with Gasteiger partial charge in [0.15, 0.2) is 0 Å². The molecule has 2 heterocycles. The van der Waals surface area contributed by atoms with Crippen LogP contribution in [0.3, 0.4) is 0 Å². The lowest BCUT2D eigenvalue weighted by Crippen LogP contribution is -2.24. The minimum atomic E-state index is -1.16. The summed E-state index contributed by atoms with van der Waals surface area (Å²) in [7, 11) is 1.42. The SMILES string of the molecule is COc1ccc(=O)n(Cc2ncncc2C(=O)O)n1. The van der Waals surface area contributed by atoms with E-state index in [4.69, 9.17) is 9.84 Å². The maximum atomic E-state index is 11.6. The van der Waals surface area contributed by atoms with Crippen LogP contribution in [0.2, 0.25) is 0 Å². The van der Waals surface area contributed by atoms with Crippen LogP contribution in [0.15, 0.2) is 29.5 Å². The molecule has 0 bridgehead atoms. The van der Waals surface area contributed by atoms with Crippen molar-refractivity contribution in [2.24, 2.45) is 0 Å². The summed E-state index contributed by atoms with van der Waals surface area (Å²) < 4.78 is 5.98. The molecule has 8 nitrogen and oxygen atoms in total. The molecule has 2 aromatic heterocycles. The first-order valence-electron chi connectivity index (χ1n) is 5.26. The second-order valence-electron chi connectivity index (χ2n) is 3.56. The lowest BCUT2D eigenvalue weighted by molar-refractivity contribution is 0.0694. The molecule has 0 saturated heterocycles. The van der Waals surface area contributed by atoms with Crippen LogP contribution in [0.5, 0.6) is 5.88 Å². The summed E-state index contributed by atoms with van der Waals surface area (Å²) in [5.74, 6) is -0.905. The summed E-state index contributed by atoms with van der Waals surface area (Å²) in [6, 6.07) is 2.71. The van der Waals surface area contributed by atoms with Gasteiger partial charge in [0.1, 0.15) is 11.9 Å². The van der Waals surface area contributed by atoms with Gasteiger partial charge < -0.3 is 9.84 Å². The predicted octanol–water partition coefficient (Wildman–Crippen LogP) is -0.212. The summed E-state index contributed by atoms with van der Waals surface area (Å²) in [6.07, 6.45) is 2.39. The second-order valence-corrected chi connectivity index (χ2v) is 3.56. The van der Waals surface area contributed by atoms with Gasteiger partial charge in [0.25, 0.3) is 5.56 Å². The Balaban J connectivity index is 2.41. The molecule has 0 aliphatic carbocycles. The molecule has 0 unspecified atom stereocenters. The molecule has 0 radical (unpaired) electrons. The highest BCUT2D eigenvalue weighted by Crippen LogP contribution is 2.06. The van der Waals surface area contributed by atoms with E-state index in [0.29, 0.717) is 0 Å². The number of hydrogen-bond donors (Lipinski definition) is 1. The Bertz CT molecular complexity index is 668. The van der Waals surface area contributed by atoms with E-state index >= 15 is 0 Å². The lowest BCUT2D eigenvalue weighted by atomic mass is 10.2. The Hall–Kier alpha value is -2.77. The molecule has 0 aromatic carbocycles. The van der Waals surface area contributed by atoms with Crippen molar-refractivity contribution in [1.29, 1.82) is 0 Å². The van der Waals surface area contributed by atoms with Crippen LogP contribution in [0.4, 0.5) is 0 Å². The van der Waals surface area contributed by atoms with E-state index in [2.05, 4.69) is 15.1 Å². The molecule has 1 N–H and O–H groups in total. The number of methoxy groups -OCH3 is 1. The number of carboxylic acids is 1. The largest absolute Gasteiger partial charge is 0.480 e. The summed E-state index contributed by atoms with van der Waals surface area (Å²) in [5.41, 5.74) is -0.250. The van der Waals surface area contributed by atoms with Crippen molar-refractivity contribution in [3.63, 3.8) is 0 Å². The number of aromatic nitrogens is 4. The zero-order valence-electron chi connectivity index (χ0n) is 9.98. The first-order chi connectivity index (χ1) is 9.11. The molecule has 0 amide bonds. The van der Waals surface area contributed by atoms with E-state index in [9.17, 15) is 9.59 Å². The monoisotopic (exact) mass is 262 g/mol. The molecule has 2 aromatic rings. The minimum absolute atomic E-state index is 0.0693. The van der Waals surface area contributed by atoms with E-state index < -0.39 is 5.97 Å². The summed E-state index contributed by atoms with van der Waals surface area (Å²) in [5, 5.41) is 12.9. The van der Waals surface area contributed by atoms with Crippen LogP contribution in [-0.4, -0.2) is 37.9 Å². The van der Waals surface area contributed by atoms with Gasteiger partial charge in [-0.3, -0.25) is 4.79 Å². The standard InChI is InChI=1S/C11H10N4O4/c1-19-9-2-3-10(16)15(14-9)5-8-7(11(17)18)4-12-6-13-8/h2-4,6H,5H2,1H3,(H,17,18). The third-order valence-corrected chi connectivity index (χ3v) is 2.38. The maximum absolute atomic E-state index is 11.6. The fraction of sp³-hybridized carbons (Fsp3) is 0.182. The van der Waals surface area contributed by atoms with Crippen molar-refractivity contribution in [2.75, 3.05) is 7.11 Å². The maximum Gasteiger partial charge on any atom is 0.339 e. The van der Waals surface area contributed by atoms with Gasteiger partial charge in [-0.25, -0.2) is 19.4 Å². The summed E-state index contributed by atoms with van der Waals surface area (Å²) in [4.78, 5) is 30.1. The topological polar surface area (TPSA) is 107 Å². The molecular formula is C11H10N4O4. The van der Waals surface area contributed by atoms with E-state index in [1.807, 2.05) is 0 Å². The molecular weight excluding hydrogens is 252 g/mol. The molecule has 0 saturated carbocycles. The smallest absolute Gasteiger partial charge is 0.339 e. The van der Waals surface area contributed by atoms with Crippen molar-refractivity contribution in [3.8, 4) is 5.88 Å². The van der Waals surface area contributed by atoms with Gasteiger partial charge in [-0.15, -0.1) is 5.10 Å². The molecule has 0 spiro atoms. The molecule has 19 heavy (non-hydrogen) atoms. The normalized spacial score (nSPS) is 10.2. The molecule has 0 atom stereocenters. The van der Waals surface area contributed by atoms with Crippen LogP contribution >= 0.6 is 0 Å². The van der Waals surface area contributed by atoms with Crippen molar-refractivity contribution in [1.82, 2.24) is 19.7 Å². The number of rotatable bonds is 4. The molecule has 0 aliphatic heterocycles. The zero-order chi connectivity index (χ0) is 13.8. The first-order valence-corrected chi connectivity index (χ1v) is 5.26. The first kappa shape index (κ1) is 12.7. The van der Waals surface area contributed by atoms with Gasteiger partial charge in [-0.1, -0.05) is 0 Å². The number of hydrogen-bond acceptors (Lipinski definition) is 6. The quantitative estimate of drug-likeness (QED) is 0.812. The molecule has 2 rings (SSSR count). The molecule has 0 fully saturated rings. The number of carbonyl (C=O) groups is 1. The highest BCUT2D eigenvalue weighted by atomic mass is 16.5. The van der Waals surface area contributed by atoms with Crippen LogP contribution in [0.1, 0.15) is 16.1 Å². The molecule has 8 heteroatoms. The Morgan fingerprint density at radius 2 is 2.26 bits per heavy atom. The Labute approximate surface area is 107 Å². The van der Waals surface area contributed by atoms with E-state index in [0.717, 1.165) is 4.68 Å². The van der Waals surface area contributed by atoms with Crippen LogP contribution in [0, 0.1) is 0 Å². The Morgan fingerprint density at radius 3 is 2.95 bits per heavy atom. The van der Waals surface area contributed by atoms with Gasteiger partial charge in [0, 0.05) is 18.3 Å². The van der Waals surface area contributed by atoms with Gasteiger partial charge >= 0.3 is 5.97 Å². The van der Waals surface area contributed by atoms with Gasteiger partial charge in [0.05, 0.1) is 19.3 Å². The fourth-order valence-corrected chi connectivity index (χ4v) is 1.45. The Morgan fingerprint density at radius 1 is 1.47 bits per heavy atom. The number of carboxylic acid groups (broad SMARTS) is 1. The summed E-state index contributed by atoms with van der Waals surface area (Å²) in [6.45, 7) is -0.0693. The fourth-order valence-electron chi connectivity index (χ4n) is 1.45. The lowest BCUT2D eigenvalue weighted by Gasteiger charge is -2.07. The third kappa shape index (κ3) is 2.73. The van der Waals surface area contributed by atoms with Crippen molar-refractivity contribution < 1.29 is 14.6 Å². The number of aromatic carboxylic acids is 1. The zero-order valence-corrected chi connectivity index (χ0v) is 9.98. The molecule has 98 valence electrons. The van der Waals surface area contributed by atoms with E-state index in [1.54, 1.807) is 0 Å². The van der Waals surface area contributed by atoms with Gasteiger partial charge in [0.2, 0.25) is 5.88 Å². The van der Waals surface area contributed by atoms with Crippen LogP contribution < -0.4 is 10.3 Å². The van der Waals surface area contributed by atoms with E-state index in [1.165, 1.54) is 31.8 Å². The highest BCUT2D eigenvalue weighted by molar-refractivity contribution is 5.88. The van der Waals surface area contributed by atoms with E-state index in [-0.39, 0.29) is 29.2 Å². The minimum Gasteiger partial charge on any atom is -0.480 e. The van der Waals surface area contributed by atoms with Crippen LogP contribution in [0.25, 0.3) is 0 Å². The van der Waals surface area contributed by atoms with Crippen molar-refractivity contribution in [3.05, 3.63) is 46.3 Å². The average molecular weight is 262 g/mol. The predicted molar refractivity (Wildman–Crippen MR) is 63.1 cm³/mol.